The quantitative estimate of drug-likeness (QED) is 0.493. The van der Waals surface area contributed by atoms with Crippen molar-refractivity contribution >= 4 is 32.3 Å². The Kier molecular flexibility index (Phi) is 5.23. The maximum atomic E-state index is 13.5. The Labute approximate surface area is 188 Å². The number of fused-ring (bicyclic) bond motifs is 2. The molecule has 0 fully saturated rings. The highest BCUT2D eigenvalue weighted by molar-refractivity contribution is 7.90. The van der Waals surface area contributed by atoms with Crippen LogP contribution in [0.4, 0.5) is 11.4 Å². The van der Waals surface area contributed by atoms with Crippen molar-refractivity contribution in [1.82, 2.24) is 14.3 Å². The van der Waals surface area contributed by atoms with Crippen LogP contribution in [0.15, 0.2) is 72.0 Å². The number of benzene rings is 2. The number of rotatable bonds is 5. The molecule has 164 valence electrons. The molecule has 0 radical (unpaired) electrons. The van der Waals surface area contributed by atoms with Gasteiger partial charge in [0.15, 0.2) is 0 Å². The van der Waals surface area contributed by atoms with Gasteiger partial charge in [-0.15, -0.1) is 0 Å². The van der Waals surface area contributed by atoms with Crippen LogP contribution >= 0.6 is 0 Å². The van der Waals surface area contributed by atoms with E-state index < -0.39 is 10.0 Å². The average Bonchev–Trinajstić information content (AvgIpc) is 3.18. The summed E-state index contributed by atoms with van der Waals surface area (Å²) < 4.78 is 28.4. The summed E-state index contributed by atoms with van der Waals surface area (Å²) in [6.07, 6.45) is 6.82. The zero-order valence-corrected chi connectivity index (χ0v) is 19.1. The van der Waals surface area contributed by atoms with Crippen molar-refractivity contribution in [1.29, 1.82) is 0 Å². The Morgan fingerprint density at radius 2 is 2.00 bits per heavy atom. The van der Waals surface area contributed by atoms with E-state index in [4.69, 9.17) is 0 Å². The summed E-state index contributed by atoms with van der Waals surface area (Å²) in [5.74, 6) is 0. The number of nitrogens with one attached hydrogen (secondary N) is 1. The minimum atomic E-state index is -3.77. The first-order valence-corrected chi connectivity index (χ1v) is 12.2. The number of hydrogen-bond acceptors (Lipinski definition) is 5. The summed E-state index contributed by atoms with van der Waals surface area (Å²) in [5, 5.41) is 4.07. The Morgan fingerprint density at radius 3 is 2.78 bits per heavy atom. The molecule has 3 heterocycles. The molecule has 1 N–H and O–H groups in total. The molecule has 0 bridgehead atoms. The Bertz CT molecular complexity index is 1390. The first kappa shape index (κ1) is 20.7. The van der Waals surface area contributed by atoms with Crippen LogP contribution in [0.1, 0.15) is 23.1 Å². The average molecular weight is 447 g/mol. The largest absolute Gasteiger partial charge is 0.341 e. The van der Waals surface area contributed by atoms with Gasteiger partial charge >= 0.3 is 0 Å². The fourth-order valence-corrected chi connectivity index (χ4v) is 5.91. The van der Waals surface area contributed by atoms with E-state index in [-0.39, 0.29) is 4.90 Å². The van der Waals surface area contributed by atoms with Crippen molar-refractivity contribution in [3.63, 3.8) is 0 Å². The number of nitrogens with zero attached hydrogens (tertiary/aromatic N) is 3. The van der Waals surface area contributed by atoms with Gasteiger partial charge in [-0.25, -0.2) is 12.4 Å². The molecule has 32 heavy (non-hydrogen) atoms. The van der Waals surface area contributed by atoms with Crippen LogP contribution < -0.4 is 10.2 Å². The van der Waals surface area contributed by atoms with Gasteiger partial charge in [-0.1, -0.05) is 23.8 Å². The highest BCUT2D eigenvalue weighted by Gasteiger charge is 2.24. The highest BCUT2D eigenvalue weighted by Crippen LogP contribution is 2.37. The standard InChI is InChI=1S/C25H26N4O2S/c1-18-7-10-24-19(13-18)5-4-12-28(24)21-8-9-23-20(15-26-2)17-29(25(23)14-21)32(30,31)22-6-3-11-27-16-22/h3,6-11,13-14,16-17,26H,4-5,12,15H2,1-2H3. The van der Waals surface area contributed by atoms with E-state index in [0.29, 0.717) is 12.1 Å². The predicted octanol–water partition coefficient (Wildman–Crippen LogP) is 4.39. The Balaban J connectivity index is 1.68. The molecule has 7 heteroatoms. The van der Waals surface area contributed by atoms with Crippen LogP contribution in [-0.2, 0) is 23.0 Å². The normalized spacial score (nSPS) is 14.0. The lowest BCUT2D eigenvalue weighted by atomic mass is 9.99. The second-order valence-corrected chi connectivity index (χ2v) is 10.1. The molecule has 0 aliphatic carbocycles. The van der Waals surface area contributed by atoms with Gasteiger partial charge in [-0.3, -0.25) is 4.98 Å². The van der Waals surface area contributed by atoms with E-state index in [1.165, 1.54) is 27.0 Å². The molecule has 0 saturated heterocycles. The van der Waals surface area contributed by atoms with E-state index in [1.54, 1.807) is 24.5 Å². The van der Waals surface area contributed by atoms with Crippen LogP contribution in [0.25, 0.3) is 10.9 Å². The smallest absolute Gasteiger partial charge is 0.269 e. The summed E-state index contributed by atoms with van der Waals surface area (Å²) in [5.41, 5.74) is 6.41. The monoisotopic (exact) mass is 446 g/mol. The van der Waals surface area contributed by atoms with Crippen molar-refractivity contribution in [2.75, 3.05) is 18.5 Å². The van der Waals surface area contributed by atoms with Crippen LogP contribution in [0.5, 0.6) is 0 Å². The molecule has 0 atom stereocenters. The third-order valence-corrected chi connectivity index (χ3v) is 7.72. The lowest BCUT2D eigenvalue weighted by Gasteiger charge is -2.31. The zero-order chi connectivity index (χ0) is 22.3. The lowest BCUT2D eigenvalue weighted by Crippen LogP contribution is -2.24. The van der Waals surface area contributed by atoms with Gasteiger partial charge in [0.1, 0.15) is 4.90 Å². The van der Waals surface area contributed by atoms with Gasteiger partial charge < -0.3 is 10.2 Å². The van der Waals surface area contributed by atoms with Crippen molar-refractivity contribution in [2.24, 2.45) is 0 Å². The molecule has 0 saturated carbocycles. The number of aromatic nitrogens is 2. The second-order valence-electron chi connectivity index (χ2n) is 8.26. The van der Waals surface area contributed by atoms with Gasteiger partial charge in [0.05, 0.1) is 5.52 Å². The van der Waals surface area contributed by atoms with E-state index in [9.17, 15) is 8.42 Å². The number of aryl methyl sites for hydroxylation is 2. The molecule has 4 aromatic rings. The van der Waals surface area contributed by atoms with E-state index in [1.807, 2.05) is 19.2 Å². The number of hydrogen-bond donors (Lipinski definition) is 1. The van der Waals surface area contributed by atoms with Crippen molar-refractivity contribution in [2.45, 2.75) is 31.2 Å². The van der Waals surface area contributed by atoms with Crippen molar-refractivity contribution in [3.8, 4) is 0 Å². The second kappa shape index (κ2) is 8.07. The first-order chi connectivity index (χ1) is 15.5. The highest BCUT2D eigenvalue weighted by atomic mass is 32.2. The Hall–Kier alpha value is -3.16. The molecule has 1 aliphatic rings. The lowest BCUT2D eigenvalue weighted by molar-refractivity contribution is 0.588. The summed E-state index contributed by atoms with van der Waals surface area (Å²) in [4.78, 5) is 6.48. The third kappa shape index (κ3) is 3.47. The van der Waals surface area contributed by atoms with Crippen LogP contribution in [0.3, 0.4) is 0 Å². The fourth-order valence-electron chi connectivity index (χ4n) is 4.56. The Morgan fingerprint density at radius 1 is 1.12 bits per heavy atom. The molecule has 0 unspecified atom stereocenters. The maximum Gasteiger partial charge on any atom is 0.269 e. The third-order valence-electron chi connectivity index (χ3n) is 6.06. The van der Waals surface area contributed by atoms with Crippen molar-refractivity contribution < 1.29 is 8.42 Å². The van der Waals surface area contributed by atoms with Crippen LogP contribution in [0.2, 0.25) is 0 Å². The first-order valence-electron chi connectivity index (χ1n) is 10.8. The minimum Gasteiger partial charge on any atom is -0.341 e. The SMILES string of the molecule is CNCc1cn(S(=O)(=O)c2cccnc2)c2cc(N3CCCc4cc(C)ccc43)ccc12. The zero-order valence-electron chi connectivity index (χ0n) is 18.2. The molecule has 1 aliphatic heterocycles. The van der Waals surface area contributed by atoms with E-state index in [2.05, 4.69) is 46.4 Å². The van der Waals surface area contributed by atoms with Gasteiger partial charge in [-0.2, -0.15) is 0 Å². The van der Waals surface area contributed by atoms with Crippen LogP contribution in [-0.4, -0.2) is 31.0 Å². The van der Waals surface area contributed by atoms with E-state index >= 15 is 0 Å². The molecule has 0 spiro atoms. The molecule has 0 amide bonds. The summed E-state index contributed by atoms with van der Waals surface area (Å²) in [6.45, 7) is 3.60. The minimum absolute atomic E-state index is 0.178. The predicted molar refractivity (Wildman–Crippen MR) is 128 cm³/mol. The van der Waals surface area contributed by atoms with Gasteiger partial charge in [0, 0.05) is 48.4 Å². The molecular weight excluding hydrogens is 420 g/mol. The van der Waals surface area contributed by atoms with Gasteiger partial charge in [-0.05, 0) is 68.3 Å². The summed E-state index contributed by atoms with van der Waals surface area (Å²) in [7, 11) is -1.91. The summed E-state index contributed by atoms with van der Waals surface area (Å²) in [6, 6.07) is 15.9. The molecular formula is C25H26N4O2S. The molecule has 6 nitrogen and oxygen atoms in total. The maximum absolute atomic E-state index is 13.5. The van der Waals surface area contributed by atoms with Gasteiger partial charge in [0.25, 0.3) is 10.0 Å². The number of pyridine rings is 1. The molecule has 5 rings (SSSR count). The fraction of sp³-hybridized carbons (Fsp3) is 0.240. The van der Waals surface area contributed by atoms with Crippen LogP contribution in [0, 0.1) is 6.92 Å². The van der Waals surface area contributed by atoms with Gasteiger partial charge in [0.2, 0.25) is 0 Å². The van der Waals surface area contributed by atoms with Crippen molar-refractivity contribution in [3.05, 3.63) is 83.8 Å². The number of anilines is 2. The van der Waals surface area contributed by atoms with E-state index in [0.717, 1.165) is 36.0 Å². The molecule has 2 aromatic heterocycles. The topological polar surface area (TPSA) is 67.2 Å². The summed E-state index contributed by atoms with van der Waals surface area (Å²) >= 11 is 0. The molecule has 2 aromatic carbocycles.